The largest absolute Gasteiger partial charge is 0.378 e. The van der Waals surface area contributed by atoms with Gasteiger partial charge in [0, 0.05) is 50.7 Å². The summed E-state index contributed by atoms with van der Waals surface area (Å²) in [5.41, 5.74) is 3.83. The summed E-state index contributed by atoms with van der Waals surface area (Å²) in [6.45, 7) is 10.7. The van der Waals surface area contributed by atoms with Crippen molar-refractivity contribution in [3.63, 3.8) is 0 Å². The Hall–Kier alpha value is -1.99. The molecule has 0 saturated carbocycles. The first kappa shape index (κ1) is 18.4. The number of nitrogens with zero attached hydrogens (tertiary/aromatic N) is 5. The van der Waals surface area contributed by atoms with Crippen LogP contribution in [0.3, 0.4) is 0 Å². The van der Waals surface area contributed by atoms with Gasteiger partial charge in [-0.05, 0) is 25.2 Å². The molecule has 0 radical (unpaired) electrons. The third kappa shape index (κ3) is 3.84. The van der Waals surface area contributed by atoms with Crippen molar-refractivity contribution in [1.82, 2.24) is 24.8 Å². The molecule has 0 spiro atoms. The van der Waals surface area contributed by atoms with Crippen LogP contribution in [0.25, 0.3) is 0 Å². The van der Waals surface area contributed by atoms with Crippen molar-refractivity contribution in [3.05, 3.63) is 35.2 Å². The van der Waals surface area contributed by atoms with Gasteiger partial charge in [-0.3, -0.25) is 0 Å². The molecule has 7 heteroatoms. The Morgan fingerprint density at radius 1 is 1.22 bits per heavy atom. The molecular weight excluding hydrogens is 340 g/mol. The van der Waals surface area contributed by atoms with Gasteiger partial charge in [0.05, 0.1) is 24.6 Å². The topological polar surface area (TPSA) is 68.1 Å². The molecule has 1 unspecified atom stereocenters. The zero-order valence-corrected chi connectivity index (χ0v) is 16.8. The van der Waals surface area contributed by atoms with Crippen LogP contribution in [0.15, 0.2) is 12.4 Å². The van der Waals surface area contributed by atoms with E-state index in [1.807, 2.05) is 19.3 Å². The Morgan fingerprint density at radius 3 is 2.70 bits per heavy atom. The van der Waals surface area contributed by atoms with E-state index in [4.69, 9.17) is 14.7 Å². The Morgan fingerprint density at radius 2 is 2.00 bits per heavy atom. The van der Waals surface area contributed by atoms with Crippen molar-refractivity contribution in [3.8, 4) is 0 Å². The minimum atomic E-state index is 0.212. The van der Waals surface area contributed by atoms with Crippen molar-refractivity contribution in [1.29, 1.82) is 0 Å². The molecule has 2 aliphatic rings. The number of imidazole rings is 1. The van der Waals surface area contributed by atoms with Gasteiger partial charge in [-0.25, -0.2) is 15.0 Å². The second-order valence-corrected chi connectivity index (χ2v) is 8.51. The molecule has 1 saturated heterocycles. The number of morpholine rings is 1. The van der Waals surface area contributed by atoms with Gasteiger partial charge >= 0.3 is 0 Å². The second kappa shape index (κ2) is 7.20. The zero-order chi connectivity index (χ0) is 19.0. The monoisotopic (exact) mass is 370 g/mol. The summed E-state index contributed by atoms with van der Waals surface area (Å²) in [5.74, 6) is 1.88. The molecule has 0 aromatic carbocycles. The standard InChI is InChI=1S/C20H30N6O/c1-14-21-11-15(25(14)4)12-22-17-9-20(2,3)10-18-16(17)13-23-19(24-18)26-5-7-27-8-6-26/h11,13,17,22H,5-10,12H2,1-4H3. The van der Waals surface area contributed by atoms with E-state index in [9.17, 15) is 0 Å². The quantitative estimate of drug-likeness (QED) is 0.890. The van der Waals surface area contributed by atoms with Gasteiger partial charge in [-0.2, -0.15) is 0 Å². The molecule has 27 heavy (non-hydrogen) atoms. The molecule has 1 aliphatic carbocycles. The third-order valence-corrected chi connectivity index (χ3v) is 5.81. The molecule has 0 bridgehead atoms. The highest BCUT2D eigenvalue weighted by atomic mass is 16.5. The number of hydrogen-bond acceptors (Lipinski definition) is 6. The van der Waals surface area contributed by atoms with E-state index in [1.165, 1.54) is 17.0 Å². The summed E-state index contributed by atoms with van der Waals surface area (Å²) in [5, 5.41) is 3.73. The Bertz CT molecular complexity index is 809. The summed E-state index contributed by atoms with van der Waals surface area (Å²) in [6, 6.07) is 0.262. The molecule has 7 nitrogen and oxygen atoms in total. The molecule has 1 fully saturated rings. The fourth-order valence-corrected chi connectivity index (χ4v) is 4.08. The summed E-state index contributed by atoms with van der Waals surface area (Å²) in [7, 11) is 2.07. The number of hydrogen-bond donors (Lipinski definition) is 1. The third-order valence-electron chi connectivity index (χ3n) is 5.81. The van der Waals surface area contributed by atoms with Crippen LogP contribution in [-0.4, -0.2) is 45.8 Å². The number of fused-ring (bicyclic) bond motifs is 1. The maximum atomic E-state index is 5.45. The van der Waals surface area contributed by atoms with Crippen molar-refractivity contribution in [2.24, 2.45) is 12.5 Å². The van der Waals surface area contributed by atoms with E-state index in [0.29, 0.717) is 0 Å². The van der Waals surface area contributed by atoms with Crippen molar-refractivity contribution >= 4 is 5.95 Å². The lowest BCUT2D eigenvalue weighted by Gasteiger charge is -2.37. The van der Waals surface area contributed by atoms with Crippen molar-refractivity contribution in [2.45, 2.75) is 46.2 Å². The van der Waals surface area contributed by atoms with Gasteiger partial charge in [0.25, 0.3) is 0 Å². The molecule has 2 aromatic rings. The fraction of sp³-hybridized carbons (Fsp3) is 0.650. The van der Waals surface area contributed by atoms with Crippen LogP contribution in [-0.2, 0) is 24.8 Å². The minimum absolute atomic E-state index is 0.212. The molecule has 4 rings (SSSR count). The van der Waals surface area contributed by atoms with Gasteiger partial charge < -0.3 is 19.5 Å². The van der Waals surface area contributed by atoms with E-state index in [2.05, 4.69) is 40.7 Å². The lowest BCUT2D eigenvalue weighted by atomic mass is 9.74. The number of anilines is 1. The SMILES string of the molecule is Cc1ncc(CNC2CC(C)(C)Cc3nc(N4CCOCC4)ncc32)n1C. The van der Waals surface area contributed by atoms with Crippen LogP contribution in [0.5, 0.6) is 0 Å². The van der Waals surface area contributed by atoms with Gasteiger partial charge in [-0.1, -0.05) is 13.8 Å². The number of aryl methyl sites for hydroxylation is 1. The maximum absolute atomic E-state index is 5.45. The van der Waals surface area contributed by atoms with Gasteiger partial charge in [0.1, 0.15) is 5.82 Å². The van der Waals surface area contributed by atoms with Crippen LogP contribution in [0.1, 0.15) is 49.1 Å². The summed E-state index contributed by atoms with van der Waals surface area (Å²) < 4.78 is 7.59. The van der Waals surface area contributed by atoms with Crippen LogP contribution in [0.2, 0.25) is 0 Å². The first-order chi connectivity index (χ1) is 12.9. The predicted molar refractivity (Wildman–Crippen MR) is 105 cm³/mol. The van der Waals surface area contributed by atoms with E-state index in [1.54, 1.807) is 0 Å². The number of ether oxygens (including phenoxy) is 1. The molecule has 1 atom stereocenters. The van der Waals surface area contributed by atoms with E-state index in [-0.39, 0.29) is 11.5 Å². The first-order valence-electron chi connectivity index (χ1n) is 9.82. The highest BCUT2D eigenvalue weighted by Crippen LogP contribution is 2.40. The van der Waals surface area contributed by atoms with E-state index in [0.717, 1.165) is 57.5 Å². The maximum Gasteiger partial charge on any atom is 0.225 e. The Balaban J connectivity index is 1.56. The van der Waals surface area contributed by atoms with Gasteiger partial charge in [0.15, 0.2) is 0 Å². The Kier molecular flexibility index (Phi) is 4.90. The average Bonchev–Trinajstić information content (AvgIpc) is 2.97. The highest BCUT2D eigenvalue weighted by Gasteiger charge is 2.34. The molecule has 1 N–H and O–H groups in total. The average molecular weight is 371 g/mol. The minimum Gasteiger partial charge on any atom is -0.378 e. The molecular formula is C20H30N6O. The van der Waals surface area contributed by atoms with Gasteiger partial charge in [-0.15, -0.1) is 0 Å². The molecule has 1 aliphatic heterocycles. The summed E-state index contributed by atoms with van der Waals surface area (Å²) >= 11 is 0. The van der Waals surface area contributed by atoms with E-state index >= 15 is 0 Å². The highest BCUT2D eigenvalue weighted by molar-refractivity contribution is 5.36. The molecule has 2 aromatic heterocycles. The van der Waals surface area contributed by atoms with Crippen LogP contribution in [0.4, 0.5) is 5.95 Å². The predicted octanol–water partition coefficient (Wildman–Crippen LogP) is 2.16. The normalized spacial score (nSPS) is 21.9. The van der Waals surface area contributed by atoms with Crippen LogP contribution >= 0.6 is 0 Å². The smallest absolute Gasteiger partial charge is 0.225 e. The first-order valence-corrected chi connectivity index (χ1v) is 9.82. The second-order valence-electron chi connectivity index (χ2n) is 8.51. The number of aromatic nitrogens is 4. The van der Waals surface area contributed by atoms with Crippen LogP contribution < -0.4 is 10.2 Å². The Labute approximate surface area is 161 Å². The fourth-order valence-electron chi connectivity index (χ4n) is 4.08. The number of nitrogens with one attached hydrogen (secondary N) is 1. The summed E-state index contributed by atoms with van der Waals surface area (Å²) in [4.78, 5) is 16.3. The van der Waals surface area contributed by atoms with Crippen molar-refractivity contribution in [2.75, 3.05) is 31.2 Å². The van der Waals surface area contributed by atoms with Crippen LogP contribution in [0, 0.1) is 12.3 Å². The summed E-state index contributed by atoms with van der Waals surface area (Å²) in [6.07, 6.45) is 6.06. The van der Waals surface area contributed by atoms with Gasteiger partial charge in [0.2, 0.25) is 5.95 Å². The van der Waals surface area contributed by atoms with Crippen molar-refractivity contribution < 1.29 is 4.74 Å². The van der Waals surface area contributed by atoms with E-state index < -0.39 is 0 Å². The zero-order valence-electron chi connectivity index (χ0n) is 16.8. The molecule has 0 amide bonds. The lowest BCUT2D eigenvalue weighted by molar-refractivity contribution is 0.122. The molecule has 146 valence electrons. The lowest BCUT2D eigenvalue weighted by Crippen LogP contribution is -2.39. The number of rotatable bonds is 4. The molecule has 3 heterocycles.